The molecule has 0 spiro atoms. The lowest BCUT2D eigenvalue weighted by molar-refractivity contribution is 0.582. The Morgan fingerprint density at radius 2 is 2.00 bits per heavy atom. The van der Waals surface area contributed by atoms with Gasteiger partial charge in [-0.05, 0) is 44.6 Å². The van der Waals surface area contributed by atoms with E-state index in [-0.39, 0.29) is 0 Å². The number of hydrogen-bond acceptors (Lipinski definition) is 3. The molecular formula is C22H34N6. The molecule has 152 valence electrons. The number of benzene rings is 1. The van der Waals surface area contributed by atoms with Crippen LogP contribution < -0.4 is 10.6 Å². The van der Waals surface area contributed by atoms with Crippen LogP contribution in [-0.4, -0.2) is 40.4 Å². The molecule has 0 radical (unpaired) electrons. The van der Waals surface area contributed by atoms with Gasteiger partial charge in [0.1, 0.15) is 11.6 Å². The second-order valence-corrected chi connectivity index (χ2v) is 7.67. The minimum absolute atomic E-state index is 0.374. The molecule has 2 heterocycles. The number of rotatable bonds is 8. The fourth-order valence-electron chi connectivity index (χ4n) is 3.71. The Labute approximate surface area is 168 Å². The normalized spacial score (nSPS) is 15.6. The predicted molar refractivity (Wildman–Crippen MR) is 115 cm³/mol. The molecule has 0 amide bonds. The standard InChI is InChI=1S/C22H34N6/c1-18(14-15-19-10-5-3-6-11-19)25-22(23-2)24-16-9-13-21-27-26-20-12-7-4-8-17-28(20)21/h3,5-6,10-11,18H,4,7-9,12-17H2,1-2H3,(H2,23,24,25). The van der Waals surface area contributed by atoms with Crippen LogP contribution in [0.5, 0.6) is 0 Å². The molecule has 1 atom stereocenters. The maximum Gasteiger partial charge on any atom is 0.191 e. The van der Waals surface area contributed by atoms with Gasteiger partial charge in [0.15, 0.2) is 5.96 Å². The molecule has 2 N–H and O–H groups in total. The molecular weight excluding hydrogens is 348 g/mol. The number of aromatic nitrogens is 3. The van der Waals surface area contributed by atoms with Crippen molar-refractivity contribution in [3.63, 3.8) is 0 Å². The van der Waals surface area contributed by atoms with Gasteiger partial charge in [-0.15, -0.1) is 10.2 Å². The van der Waals surface area contributed by atoms with E-state index in [1.165, 1.54) is 30.7 Å². The first-order chi connectivity index (χ1) is 13.8. The molecule has 6 nitrogen and oxygen atoms in total. The average molecular weight is 383 g/mol. The second kappa shape index (κ2) is 10.8. The Hall–Kier alpha value is -2.37. The van der Waals surface area contributed by atoms with Gasteiger partial charge in [-0.25, -0.2) is 0 Å². The van der Waals surface area contributed by atoms with E-state index in [0.717, 1.165) is 57.0 Å². The van der Waals surface area contributed by atoms with Crippen molar-refractivity contribution < 1.29 is 0 Å². The largest absolute Gasteiger partial charge is 0.356 e. The Kier molecular flexibility index (Phi) is 7.88. The molecule has 0 saturated heterocycles. The van der Waals surface area contributed by atoms with Crippen molar-refractivity contribution in [1.29, 1.82) is 0 Å². The van der Waals surface area contributed by atoms with Crippen molar-refractivity contribution in [2.24, 2.45) is 4.99 Å². The molecule has 28 heavy (non-hydrogen) atoms. The molecule has 1 aliphatic rings. The topological polar surface area (TPSA) is 67.1 Å². The molecule has 3 rings (SSSR count). The quantitative estimate of drug-likeness (QED) is 0.418. The van der Waals surface area contributed by atoms with Crippen molar-refractivity contribution in [2.45, 2.75) is 70.9 Å². The van der Waals surface area contributed by atoms with Crippen molar-refractivity contribution >= 4 is 5.96 Å². The van der Waals surface area contributed by atoms with Crippen LogP contribution in [0.3, 0.4) is 0 Å². The maximum atomic E-state index is 4.42. The summed E-state index contributed by atoms with van der Waals surface area (Å²) in [5.41, 5.74) is 1.38. The summed E-state index contributed by atoms with van der Waals surface area (Å²) in [6, 6.07) is 11.0. The summed E-state index contributed by atoms with van der Waals surface area (Å²) in [7, 11) is 1.83. The predicted octanol–water partition coefficient (Wildman–Crippen LogP) is 3.12. The van der Waals surface area contributed by atoms with Crippen LogP contribution in [-0.2, 0) is 25.8 Å². The van der Waals surface area contributed by atoms with E-state index in [1.54, 1.807) is 0 Å². The molecule has 0 bridgehead atoms. The number of aryl methyl sites for hydroxylation is 3. The van der Waals surface area contributed by atoms with E-state index < -0.39 is 0 Å². The highest BCUT2D eigenvalue weighted by atomic mass is 15.3. The zero-order valence-electron chi connectivity index (χ0n) is 17.3. The Morgan fingerprint density at radius 1 is 1.14 bits per heavy atom. The Bertz CT molecular complexity index is 737. The number of fused-ring (bicyclic) bond motifs is 1. The molecule has 1 unspecified atom stereocenters. The van der Waals surface area contributed by atoms with Crippen LogP contribution >= 0.6 is 0 Å². The highest BCUT2D eigenvalue weighted by Crippen LogP contribution is 2.15. The van der Waals surface area contributed by atoms with Gasteiger partial charge >= 0.3 is 0 Å². The molecule has 0 aliphatic carbocycles. The number of hydrogen-bond donors (Lipinski definition) is 2. The van der Waals surface area contributed by atoms with E-state index in [9.17, 15) is 0 Å². The van der Waals surface area contributed by atoms with E-state index in [0.29, 0.717) is 6.04 Å². The minimum Gasteiger partial charge on any atom is -0.356 e. The van der Waals surface area contributed by atoms with Gasteiger partial charge in [-0.2, -0.15) is 0 Å². The molecule has 2 aromatic rings. The summed E-state index contributed by atoms with van der Waals surface area (Å²) in [5.74, 6) is 3.18. The summed E-state index contributed by atoms with van der Waals surface area (Å²) in [6.45, 7) is 4.17. The molecule has 0 saturated carbocycles. The fraction of sp³-hybridized carbons (Fsp3) is 0.591. The Balaban J connectivity index is 1.37. The van der Waals surface area contributed by atoms with Crippen LogP contribution in [0.25, 0.3) is 0 Å². The second-order valence-electron chi connectivity index (χ2n) is 7.67. The fourth-order valence-corrected chi connectivity index (χ4v) is 3.71. The third-order valence-corrected chi connectivity index (χ3v) is 5.37. The van der Waals surface area contributed by atoms with Crippen LogP contribution in [0.1, 0.15) is 56.2 Å². The van der Waals surface area contributed by atoms with E-state index >= 15 is 0 Å². The van der Waals surface area contributed by atoms with Gasteiger partial charge in [0.25, 0.3) is 0 Å². The lowest BCUT2D eigenvalue weighted by atomic mass is 10.1. The van der Waals surface area contributed by atoms with E-state index in [2.05, 4.69) is 67.6 Å². The number of aliphatic imine (C=N–C) groups is 1. The summed E-state index contributed by atoms with van der Waals surface area (Å²) in [4.78, 5) is 4.36. The van der Waals surface area contributed by atoms with Crippen LogP contribution in [0.4, 0.5) is 0 Å². The van der Waals surface area contributed by atoms with Crippen LogP contribution in [0, 0.1) is 0 Å². The van der Waals surface area contributed by atoms with Gasteiger partial charge in [0.05, 0.1) is 0 Å². The number of guanidine groups is 1. The highest BCUT2D eigenvalue weighted by molar-refractivity contribution is 5.79. The molecule has 1 aromatic heterocycles. The molecule has 0 fully saturated rings. The van der Waals surface area contributed by atoms with Crippen LogP contribution in [0.2, 0.25) is 0 Å². The molecule has 1 aromatic carbocycles. The average Bonchev–Trinajstić information content (AvgIpc) is 2.95. The summed E-state index contributed by atoms with van der Waals surface area (Å²) in [5, 5.41) is 15.7. The summed E-state index contributed by atoms with van der Waals surface area (Å²) in [6.07, 6.45) is 8.99. The smallest absolute Gasteiger partial charge is 0.191 e. The first-order valence-corrected chi connectivity index (χ1v) is 10.7. The lowest BCUT2D eigenvalue weighted by Gasteiger charge is -2.18. The first kappa shape index (κ1) is 20.4. The van der Waals surface area contributed by atoms with Crippen molar-refractivity contribution in [1.82, 2.24) is 25.4 Å². The maximum absolute atomic E-state index is 4.42. The van der Waals surface area contributed by atoms with Gasteiger partial charge in [-0.3, -0.25) is 4.99 Å². The third-order valence-electron chi connectivity index (χ3n) is 5.37. The first-order valence-electron chi connectivity index (χ1n) is 10.7. The van der Waals surface area contributed by atoms with Crippen molar-refractivity contribution in [3.05, 3.63) is 47.5 Å². The van der Waals surface area contributed by atoms with Gasteiger partial charge in [0, 0.05) is 39.0 Å². The van der Waals surface area contributed by atoms with Gasteiger partial charge < -0.3 is 15.2 Å². The van der Waals surface area contributed by atoms with Gasteiger partial charge in [0.2, 0.25) is 0 Å². The minimum atomic E-state index is 0.374. The van der Waals surface area contributed by atoms with E-state index in [4.69, 9.17) is 0 Å². The summed E-state index contributed by atoms with van der Waals surface area (Å²) >= 11 is 0. The van der Waals surface area contributed by atoms with Gasteiger partial charge in [-0.1, -0.05) is 36.8 Å². The van der Waals surface area contributed by atoms with Crippen LogP contribution in [0.15, 0.2) is 35.3 Å². The monoisotopic (exact) mass is 382 g/mol. The zero-order chi connectivity index (χ0) is 19.6. The summed E-state index contributed by atoms with van der Waals surface area (Å²) < 4.78 is 2.34. The molecule has 6 heteroatoms. The zero-order valence-corrected chi connectivity index (χ0v) is 17.3. The van der Waals surface area contributed by atoms with Crippen molar-refractivity contribution in [3.8, 4) is 0 Å². The number of nitrogens with one attached hydrogen (secondary N) is 2. The third kappa shape index (κ3) is 6.08. The van der Waals surface area contributed by atoms with Crippen molar-refractivity contribution in [2.75, 3.05) is 13.6 Å². The highest BCUT2D eigenvalue weighted by Gasteiger charge is 2.14. The molecule has 1 aliphatic heterocycles. The Morgan fingerprint density at radius 3 is 2.82 bits per heavy atom. The lowest BCUT2D eigenvalue weighted by Crippen LogP contribution is -2.42. The van der Waals surface area contributed by atoms with E-state index in [1.807, 2.05) is 7.05 Å². The SMILES string of the molecule is CN=C(NCCCc1nnc2n1CCCCC2)NC(C)CCc1ccccc1. The number of nitrogens with zero attached hydrogens (tertiary/aromatic N) is 4.